The lowest BCUT2D eigenvalue weighted by Crippen LogP contribution is -2.35. The van der Waals surface area contributed by atoms with Crippen molar-refractivity contribution in [3.8, 4) is 5.75 Å². The summed E-state index contributed by atoms with van der Waals surface area (Å²) in [5.41, 5.74) is 4.26. The van der Waals surface area contributed by atoms with Crippen molar-refractivity contribution in [1.29, 1.82) is 0 Å². The van der Waals surface area contributed by atoms with Crippen LogP contribution in [-0.2, 0) is 16.6 Å². The van der Waals surface area contributed by atoms with E-state index >= 15 is 0 Å². The van der Waals surface area contributed by atoms with Gasteiger partial charge in [0.15, 0.2) is 11.6 Å². The van der Waals surface area contributed by atoms with Crippen LogP contribution in [0.4, 0.5) is 11.6 Å². The molecule has 5 rings (SSSR count). The van der Waals surface area contributed by atoms with E-state index in [9.17, 15) is 8.42 Å². The Morgan fingerprint density at radius 2 is 1.55 bits per heavy atom. The summed E-state index contributed by atoms with van der Waals surface area (Å²) in [5, 5.41) is 0. The van der Waals surface area contributed by atoms with Gasteiger partial charge in [0, 0.05) is 12.1 Å². The number of methoxy groups -OCH3 is 1. The molecule has 0 fully saturated rings. The maximum atomic E-state index is 13.7. The lowest BCUT2D eigenvalue weighted by molar-refractivity contribution is 0.409. The molecule has 4 aromatic rings. The maximum absolute atomic E-state index is 13.7. The molecule has 0 aliphatic carbocycles. The summed E-state index contributed by atoms with van der Waals surface area (Å²) in [6.07, 6.45) is 0. The Kier molecular flexibility index (Phi) is 5.17. The molecule has 0 atom stereocenters. The summed E-state index contributed by atoms with van der Waals surface area (Å²) in [7, 11) is -2.22. The van der Waals surface area contributed by atoms with Gasteiger partial charge in [0.1, 0.15) is 12.4 Å². The van der Waals surface area contributed by atoms with Crippen molar-refractivity contribution in [2.24, 2.45) is 0 Å². The zero-order valence-electron chi connectivity index (χ0n) is 18.7. The molecule has 0 unspecified atom stereocenters. The van der Waals surface area contributed by atoms with Crippen LogP contribution in [0, 0.1) is 13.8 Å². The SMILES string of the molecule is COc1ccccc1CN1CN(S(=O)(=O)c2ccc(C)c(C)c2)c2nc3ccccc3nc21. The molecular formula is C25H24N4O3S. The molecule has 3 aromatic carbocycles. The number of nitrogens with zero attached hydrogens (tertiary/aromatic N) is 4. The van der Waals surface area contributed by atoms with Gasteiger partial charge in [0.25, 0.3) is 10.0 Å². The molecule has 1 aromatic heterocycles. The molecule has 2 heterocycles. The fourth-order valence-electron chi connectivity index (χ4n) is 4.01. The number of hydrogen-bond acceptors (Lipinski definition) is 6. The number of benzene rings is 3. The molecule has 0 N–H and O–H groups in total. The molecule has 0 spiro atoms. The fraction of sp³-hybridized carbons (Fsp3) is 0.200. The summed E-state index contributed by atoms with van der Waals surface area (Å²) in [4.78, 5) is 11.7. The van der Waals surface area contributed by atoms with Crippen LogP contribution in [0.1, 0.15) is 16.7 Å². The van der Waals surface area contributed by atoms with Gasteiger partial charge in [-0.1, -0.05) is 36.4 Å². The third-order valence-corrected chi connectivity index (χ3v) is 7.71. The van der Waals surface area contributed by atoms with Gasteiger partial charge in [0.05, 0.1) is 23.0 Å². The molecule has 7 nitrogen and oxygen atoms in total. The first-order valence-corrected chi connectivity index (χ1v) is 12.1. The minimum atomic E-state index is -3.84. The summed E-state index contributed by atoms with van der Waals surface area (Å²) in [6.45, 7) is 4.42. The van der Waals surface area contributed by atoms with Crippen molar-refractivity contribution in [1.82, 2.24) is 9.97 Å². The molecule has 1 aliphatic rings. The zero-order valence-corrected chi connectivity index (χ0v) is 19.5. The second kappa shape index (κ2) is 8.04. The molecule has 33 heavy (non-hydrogen) atoms. The van der Waals surface area contributed by atoms with E-state index in [4.69, 9.17) is 14.7 Å². The topological polar surface area (TPSA) is 75.6 Å². The highest BCUT2D eigenvalue weighted by Gasteiger charge is 2.38. The Bertz CT molecular complexity index is 1470. The van der Waals surface area contributed by atoms with Crippen LogP contribution in [0.3, 0.4) is 0 Å². The van der Waals surface area contributed by atoms with Gasteiger partial charge in [-0.2, -0.15) is 0 Å². The van der Waals surface area contributed by atoms with Crippen molar-refractivity contribution in [3.63, 3.8) is 0 Å². The highest BCUT2D eigenvalue weighted by Crippen LogP contribution is 2.39. The maximum Gasteiger partial charge on any atom is 0.267 e. The van der Waals surface area contributed by atoms with Crippen molar-refractivity contribution < 1.29 is 13.2 Å². The van der Waals surface area contributed by atoms with Crippen LogP contribution in [0.5, 0.6) is 5.75 Å². The average molecular weight is 461 g/mol. The Balaban J connectivity index is 1.63. The minimum Gasteiger partial charge on any atom is -0.496 e. The van der Waals surface area contributed by atoms with Crippen LogP contribution >= 0.6 is 0 Å². The predicted octanol–water partition coefficient (Wildman–Crippen LogP) is 4.43. The monoisotopic (exact) mass is 460 g/mol. The Morgan fingerprint density at radius 1 is 0.879 bits per heavy atom. The first-order chi connectivity index (χ1) is 15.9. The van der Waals surface area contributed by atoms with Gasteiger partial charge in [-0.3, -0.25) is 0 Å². The van der Waals surface area contributed by atoms with Crippen LogP contribution in [0.2, 0.25) is 0 Å². The first kappa shape index (κ1) is 21.2. The lowest BCUT2D eigenvalue weighted by atomic mass is 10.1. The number of sulfonamides is 1. The van der Waals surface area contributed by atoms with Crippen molar-refractivity contribution in [3.05, 3.63) is 83.4 Å². The highest BCUT2D eigenvalue weighted by atomic mass is 32.2. The van der Waals surface area contributed by atoms with Gasteiger partial charge in [-0.05, 0) is 55.3 Å². The lowest BCUT2D eigenvalue weighted by Gasteiger charge is -2.21. The third-order valence-electron chi connectivity index (χ3n) is 5.99. The fourth-order valence-corrected chi connectivity index (χ4v) is 5.47. The van der Waals surface area contributed by atoms with Crippen LogP contribution in [0.25, 0.3) is 11.0 Å². The Labute approximate surface area is 193 Å². The quantitative estimate of drug-likeness (QED) is 0.439. The number of aromatic nitrogens is 2. The van der Waals surface area contributed by atoms with Crippen molar-refractivity contribution in [2.45, 2.75) is 25.3 Å². The van der Waals surface area contributed by atoms with Gasteiger partial charge in [0.2, 0.25) is 0 Å². The van der Waals surface area contributed by atoms with Gasteiger partial charge >= 0.3 is 0 Å². The smallest absolute Gasteiger partial charge is 0.267 e. The number of hydrogen-bond donors (Lipinski definition) is 0. The van der Waals surface area contributed by atoms with Crippen LogP contribution in [-0.4, -0.2) is 32.2 Å². The van der Waals surface area contributed by atoms with Gasteiger partial charge in [-0.15, -0.1) is 0 Å². The standard InChI is InChI=1S/C25H24N4O3S/c1-17-12-13-20(14-18(17)2)33(30,31)29-16-28(15-19-8-4-7-11-23(19)32-3)24-25(29)27-22-10-6-5-9-21(22)26-24/h4-14H,15-16H2,1-3H3. The molecule has 8 heteroatoms. The summed E-state index contributed by atoms with van der Waals surface area (Å²) >= 11 is 0. The number of fused-ring (bicyclic) bond motifs is 2. The third kappa shape index (κ3) is 3.66. The van der Waals surface area contributed by atoms with E-state index in [0.29, 0.717) is 29.2 Å². The Hall–Kier alpha value is -3.65. The second-order valence-electron chi connectivity index (χ2n) is 8.11. The highest BCUT2D eigenvalue weighted by molar-refractivity contribution is 7.92. The normalized spacial score (nSPS) is 13.4. The molecule has 0 radical (unpaired) electrons. The zero-order chi connectivity index (χ0) is 23.2. The van der Waals surface area contributed by atoms with Crippen LogP contribution < -0.4 is 13.9 Å². The number of ether oxygens (including phenoxy) is 1. The second-order valence-corrected chi connectivity index (χ2v) is 9.97. The summed E-state index contributed by atoms with van der Waals surface area (Å²) in [5.74, 6) is 1.61. The molecule has 0 amide bonds. The summed E-state index contributed by atoms with van der Waals surface area (Å²) < 4.78 is 34.3. The molecule has 0 bridgehead atoms. The van der Waals surface area contributed by atoms with E-state index < -0.39 is 10.0 Å². The first-order valence-electron chi connectivity index (χ1n) is 10.6. The minimum absolute atomic E-state index is 0.110. The predicted molar refractivity (Wildman–Crippen MR) is 129 cm³/mol. The van der Waals surface area contributed by atoms with Crippen LogP contribution in [0.15, 0.2) is 71.6 Å². The number of anilines is 2. The van der Waals surface area contributed by atoms with E-state index in [2.05, 4.69) is 0 Å². The number of para-hydroxylation sites is 3. The van der Waals surface area contributed by atoms with E-state index in [-0.39, 0.29) is 11.6 Å². The molecule has 1 aliphatic heterocycles. The van der Waals surface area contributed by atoms with Crippen molar-refractivity contribution >= 4 is 32.7 Å². The molecule has 0 saturated heterocycles. The van der Waals surface area contributed by atoms with E-state index in [0.717, 1.165) is 22.4 Å². The number of aryl methyl sites for hydroxylation is 2. The average Bonchev–Trinajstić information content (AvgIpc) is 3.17. The number of rotatable bonds is 5. The molecule has 0 saturated carbocycles. The van der Waals surface area contributed by atoms with E-state index in [1.807, 2.05) is 73.3 Å². The summed E-state index contributed by atoms with van der Waals surface area (Å²) in [6, 6.07) is 20.4. The van der Waals surface area contributed by atoms with Gasteiger partial charge in [-0.25, -0.2) is 22.7 Å². The molecule has 168 valence electrons. The van der Waals surface area contributed by atoms with E-state index in [1.54, 1.807) is 19.2 Å². The van der Waals surface area contributed by atoms with E-state index in [1.165, 1.54) is 4.31 Å². The Morgan fingerprint density at radius 3 is 2.24 bits per heavy atom. The van der Waals surface area contributed by atoms with Crippen molar-refractivity contribution in [2.75, 3.05) is 23.0 Å². The largest absolute Gasteiger partial charge is 0.496 e. The van der Waals surface area contributed by atoms with Gasteiger partial charge < -0.3 is 9.64 Å². The molecular weight excluding hydrogens is 436 g/mol.